The van der Waals surface area contributed by atoms with Crippen LogP contribution in [0.15, 0.2) is 42.5 Å². The van der Waals surface area contributed by atoms with Crippen LogP contribution in [0.1, 0.15) is 17.2 Å². The van der Waals surface area contributed by atoms with Crippen molar-refractivity contribution in [2.75, 3.05) is 38.2 Å². The number of aryl methyl sites for hydroxylation is 1. The highest BCUT2D eigenvalue weighted by Crippen LogP contribution is 2.29. The van der Waals surface area contributed by atoms with Gasteiger partial charge in [0, 0.05) is 42.0 Å². The van der Waals surface area contributed by atoms with E-state index in [1.807, 2.05) is 24.3 Å². The number of ether oxygens (including phenoxy) is 1. The fraction of sp³-hybridized carbons (Fsp3) is 0.368. The first-order valence-electron chi connectivity index (χ1n) is 8.61. The number of hydrogen-bond donors (Lipinski definition) is 1. The number of nitro benzene ring substituents is 1. The monoisotopic (exact) mass is 375 g/mol. The van der Waals surface area contributed by atoms with Crippen LogP contribution in [-0.2, 0) is 4.74 Å². The molecular weight excluding hydrogens is 354 g/mol. The molecule has 0 aromatic heterocycles. The van der Waals surface area contributed by atoms with Crippen molar-refractivity contribution in [3.8, 4) is 0 Å². The standard InChI is InChI=1S/C19H22ClN3O3/c1-14-12-15(6-7-18(14)23(24)25)21-13-19(22-8-10-26-11-9-22)16-4-2-3-5-17(16)20/h2-7,12,19,21H,8-11,13H2,1H3. The van der Waals surface area contributed by atoms with Crippen molar-refractivity contribution < 1.29 is 9.66 Å². The van der Waals surface area contributed by atoms with Crippen LogP contribution in [0.4, 0.5) is 11.4 Å². The third-order valence-corrected chi connectivity index (χ3v) is 4.99. The molecule has 1 unspecified atom stereocenters. The molecular formula is C19H22ClN3O3. The molecule has 3 rings (SSSR count). The number of nitrogens with zero attached hydrogens (tertiary/aromatic N) is 2. The second-order valence-corrected chi connectivity index (χ2v) is 6.73. The highest BCUT2D eigenvalue weighted by Gasteiger charge is 2.24. The predicted octanol–water partition coefficient (Wildman–Crippen LogP) is 4.04. The zero-order chi connectivity index (χ0) is 18.5. The second-order valence-electron chi connectivity index (χ2n) is 6.32. The fourth-order valence-electron chi connectivity index (χ4n) is 3.26. The lowest BCUT2D eigenvalue weighted by Crippen LogP contribution is -2.41. The first-order chi connectivity index (χ1) is 12.6. The van der Waals surface area contributed by atoms with Crippen LogP contribution in [-0.4, -0.2) is 42.7 Å². The fourth-order valence-corrected chi connectivity index (χ4v) is 3.52. The van der Waals surface area contributed by atoms with Crippen LogP contribution in [0.5, 0.6) is 0 Å². The van der Waals surface area contributed by atoms with Crippen molar-refractivity contribution >= 4 is 23.0 Å². The molecule has 0 spiro atoms. The zero-order valence-electron chi connectivity index (χ0n) is 14.7. The summed E-state index contributed by atoms with van der Waals surface area (Å²) in [5.41, 5.74) is 2.70. The molecule has 7 heteroatoms. The molecule has 1 fully saturated rings. The van der Waals surface area contributed by atoms with E-state index < -0.39 is 0 Å². The molecule has 1 saturated heterocycles. The molecule has 1 N–H and O–H groups in total. The summed E-state index contributed by atoms with van der Waals surface area (Å²) in [6, 6.07) is 13.1. The first kappa shape index (κ1) is 18.6. The molecule has 1 atom stereocenters. The predicted molar refractivity (Wildman–Crippen MR) is 103 cm³/mol. The molecule has 6 nitrogen and oxygen atoms in total. The van der Waals surface area contributed by atoms with E-state index in [0.717, 1.165) is 29.4 Å². The SMILES string of the molecule is Cc1cc(NCC(c2ccccc2Cl)N2CCOCC2)ccc1[N+](=O)[O-]. The van der Waals surface area contributed by atoms with Crippen LogP contribution in [0.2, 0.25) is 5.02 Å². The maximum Gasteiger partial charge on any atom is 0.272 e. The van der Waals surface area contributed by atoms with E-state index in [1.54, 1.807) is 19.1 Å². The quantitative estimate of drug-likeness (QED) is 0.609. The summed E-state index contributed by atoms with van der Waals surface area (Å²) in [5, 5.41) is 15.1. The van der Waals surface area contributed by atoms with Gasteiger partial charge in [-0.25, -0.2) is 0 Å². The second kappa shape index (κ2) is 8.49. The van der Waals surface area contributed by atoms with Crippen molar-refractivity contribution in [1.82, 2.24) is 4.90 Å². The van der Waals surface area contributed by atoms with E-state index >= 15 is 0 Å². The van der Waals surface area contributed by atoms with Gasteiger partial charge in [0.25, 0.3) is 5.69 Å². The lowest BCUT2D eigenvalue weighted by Gasteiger charge is -2.35. The van der Waals surface area contributed by atoms with E-state index in [0.29, 0.717) is 25.3 Å². The van der Waals surface area contributed by atoms with Crippen molar-refractivity contribution in [2.24, 2.45) is 0 Å². The molecule has 1 heterocycles. The van der Waals surface area contributed by atoms with Crippen LogP contribution in [0.25, 0.3) is 0 Å². The summed E-state index contributed by atoms with van der Waals surface area (Å²) in [6.45, 7) is 5.50. The van der Waals surface area contributed by atoms with Gasteiger partial charge in [0.05, 0.1) is 24.2 Å². The Bertz CT molecular complexity index is 778. The molecule has 0 amide bonds. The molecule has 26 heavy (non-hydrogen) atoms. The average Bonchev–Trinajstić information content (AvgIpc) is 2.64. The van der Waals surface area contributed by atoms with Gasteiger partial charge in [-0.1, -0.05) is 29.8 Å². The zero-order valence-corrected chi connectivity index (χ0v) is 15.4. The Morgan fingerprint density at radius 3 is 2.65 bits per heavy atom. The van der Waals surface area contributed by atoms with Gasteiger partial charge < -0.3 is 10.1 Å². The lowest BCUT2D eigenvalue weighted by atomic mass is 10.0. The molecule has 2 aromatic rings. The van der Waals surface area contributed by atoms with E-state index in [4.69, 9.17) is 16.3 Å². The molecule has 0 aliphatic carbocycles. The largest absolute Gasteiger partial charge is 0.383 e. The third-order valence-electron chi connectivity index (χ3n) is 4.64. The van der Waals surface area contributed by atoms with Gasteiger partial charge in [-0.15, -0.1) is 0 Å². The number of rotatable bonds is 6. The van der Waals surface area contributed by atoms with Gasteiger partial charge in [0.2, 0.25) is 0 Å². The van der Waals surface area contributed by atoms with Crippen molar-refractivity contribution in [2.45, 2.75) is 13.0 Å². The number of morpholine rings is 1. The van der Waals surface area contributed by atoms with Gasteiger partial charge >= 0.3 is 0 Å². The molecule has 0 saturated carbocycles. The minimum Gasteiger partial charge on any atom is -0.383 e. The van der Waals surface area contributed by atoms with Crippen molar-refractivity contribution in [1.29, 1.82) is 0 Å². The van der Waals surface area contributed by atoms with E-state index in [2.05, 4.69) is 10.2 Å². The number of halogens is 1. The summed E-state index contributed by atoms with van der Waals surface area (Å²) < 4.78 is 5.47. The van der Waals surface area contributed by atoms with Crippen LogP contribution >= 0.6 is 11.6 Å². The molecule has 138 valence electrons. The lowest BCUT2D eigenvalue weighted by molar-refractivity contribution is -0.385. The van der Waals surface area contributed by atoms with Crippen LogP contribution in [0, 0.1) is 17.0 Å². The first-order valence-corrected chi connectivity index (χ1v) is 8.99. The summed E-state index contributed by atoms with van der Waals surface area (Å²) in [7, 11) is 0. The maximum absolute atomic E-state index is 11.0. The van der Waals surface area contributed by atoms with Crippen molar-refractivity contribution in [3.63, 3.8) is 0 Å². The molecule has 1 aliphatic rings. The molecule has 0 radical (unpaired) electrons. The van der Waals surface area contributed by atoms with Gasteiger partial charge in [0.1, 0.15) is 0 Å². The highest BCUT2D eigenvalue weighted by molar-refractivity contribution is 6.31. The normalized spacial score (nSPS) is 16.2. The molecule has 2 aromatic carbocycles. The number of anilines is 1. The minimum atomic E-state index is -0.362. The number of nitrogens with one attached hydrogen (secondary N) is 1. The van der Waals surface area contributed by atoms with Crippen LogP contribution in [0.3, 0.4) is 0 Å². The third kappa shape index (κ3) is 4.33. The molecule has 0 bridgehead atoms. The Morgan fingerprint density at radius 2 is 2.00 bits per heavy atom. The average molecular weight is 376 g/mol. The Hall–Kier alpha value is -2.15. The smallest absolute Gasteiger partial charge is 0.272 e. The summed E-state index contributed by atoms with van der Waals surface area (Å²) in [6.07, 6.45) is 0. The maximum atomic E-state index is 11.0. The highest BCUT2D eigenvalue weighted by atomic mass is 35.5. The van der Waals surface area contributed by atoms with E-state index in [9.17, 15) is 10.1 Å². The van der Waals surface area contributed by atoms with Crippen LogP contribution < -0.4 is 5.32 Å². The summed E-state index contributed by atoms with van der Waals surface area (Å²) in [5.74, 6) is 0. The number of hydrogen-bond acceptors (Lipinski definition) is 5. The summed E-state index contributed by atoms with van der Waals surface area (Å²) >= 11 is 6.44. The van der Waals surface area contributed by atoms with Crippen molar-refractivity contribution in [3.05, 3.63) is 68.7 Å². The van der Waals surface area contributed by atoms with Gasteiger partial charge in [-0.3, -0.25) is 15.0 Å². The number of nitro groups is 1. The number of benzene rings is 2. The molecule has 1 aliphatic heterocycles. The topological polar surface area (TPSA) is 67.6 Å². The van der Waals surface area contributed by atoms with E-state index in [1.165, 1.54) is 6.07 Å². The Balaban J connectivity index is 1.79. The minimum absolute atomic E-state index is 0.100. The Kier molecular flexibility index (Phi) is 6.08. The van der Waals surface area contributed by atoms with E-state index in [-0.39, 0.29) is 16.7 Å². The van der Waals surface area contributed by atoms with Gasteiger partial charge in [-0.05, 0) is 30.7 Å². The Morgan fingerprint density at radius 1 is 1.27 bits per heavy atom. The Labute approximate surface area is 157 Å². The van der Waals surface area contributed by atoms with Gasteiger partial charge in [0.15, 0.2) is 0 Å². The van der Waals surface area contributed by atoms with Gasteiger partial charge in [-0.2, -0.15) is 0 Å². The summed E-state index contributed by atoms with van der Waals surface area (Å²) in [4.78, 5) is 13.0.